The van der Waals surface area contributed by atoms with E-state index in [9.17, 15) is 10.2 Å². The van der Waals surface area contributed by atoms with Gasteiger partial charge in [0.25, 0.3) is 0 Å². The Bertz CT molecular complexity index is 726. The average molecular weight is 443 g/mol. The summed E-state index contributed by atoms with van der Waals surface area (Å²) < 4.78 is 7.13. The monoisotopic (exact) mass is 441 g/mol. The quantitative estimate of drug-likeness (QED) is 0.627. The zero-order chi connectivity index (χ0) is 16.6. The number of halogens is 2. The highest BCUT2D eigenvalue weighted by atomic mass is 79.9. The molecule has 0 radical (unpaired) electrons. The second-order valence-corrected chi connectivity index (χ2v) is 7.30. The lowest BCUT2D eigenvalue weighted by atomic mass is 9.90. The molecule has 1 unspecified atom stereocenters. The van der Waals surface area contributed by atoms with Crippen LogP contribution in [0.1, 0.15) is 22.7 Å². The maximum Gasteiger partial charge on any atom is 0.157 e. The first kappa shape index (κ1) is 16.6. The number of phenols is 2. The van der Waals surface area contributed by atoms with Gasteiger partial charge in [0.15, 0.2) is 11.5 Å². The summed E-state index contributed by atoms with van der Waals surface area (Å²) in [6, 6.07) is 7.50. The number of hydrogen-bond acceptors (Lipinski definition) is 4. The van der Waals surface area contributed by atoms with Gasteiger partial charge in [-0.25, -0.2) is 0 Å². The Morgan fingerprint density at radius 2 is 1.78 bits per heavy atom. The van der Waals surface area contributed by atoms with E-state index >= 15 is 0 Å². The zero-order valence-electron chi connectivity index (χ0n) is 12.6. The lowest BCUT2D eigenvalue weighted by Gasteiger charge is -2.27. The van der Waals surface area contributed by atoms with Crippen molar-refractivity contribution >= 4 is 31.9 Å². The van der Waals surface area contributed by atoms with E-state index in [-0.39, 0.29) is 17.5 Å². The molecular weight excluding hydrogens is 426 g/mol. The van der Waals surface area contributed by atoms with Gasteiger partial charge >= 0.3 is 0 Å². The molecule has 0 fully saturated rings. The van der Waals surface area contributed by atoms with Crippen LogP contribution >= 0.6 is 31.9 Å². The maximum absolute atomic E-state index is 9.81. The predicted octanol–water partition coefficient (Wildman–Crippen LogP) is 4.06. The fourth-order valence-electron chi connectivity index (χ4n) is 3.01. The highest BCUT2D eigenvalue weighted by Gasteiger charge is 2.22. The van der Waals surface area contributed by atoms with Crippen LogP contribution in [-0.4, -0.2) is 23.9 Å². The summed E-state index contributed by atoms with van der Waals surface area (Å²) in [7, 11) is 1.64. The first-order chi connectivity index (χ1) is 11.0. The number of hydrogen-bond donors (Lipinski definition) is 3. The van der Waals surface area contributed by atoms with E-state index in [0.29, 0.717) is 0 Å². The molecule has 0 amide bonds. The molecule has 4 nitrogen and oxygen atoms in total. The fraction of sp³-hybridized carbons (Fsp3) is 0.294. The van der Waals surface area contributed by atoms with Crippen molar-refractivity contribution < 1.29 is 14.9 Å². The molecule has 0 spiro atoms. The summed E-state index contributed by atoms with van der Waals surface area (Å²) in [5.74, 6) is 0.641. The third-order valence-electron chi connectivity index (χ3n) is 4.10. The second kappa shape index (κ2) is 6.71. The van der Waals surface area contributed by atoms with Crippen LogP contribution < -0.4 is 10.1 Å². The Morgan fingerprint density at radius 1 is 1.13 bits per heavy atom. The fourth-order valence-corrected chi connectivity index (χ4v) is 4.62. The van der Waals surface area contributed by atoms with E-state index in [1.54, 1.807) is 19.2 Å². The summed E-state index contributed by atoms with van der Waals surface area (Å²) in [6.45, 7) is 0.848. The average Bonchev–Trinajstić information content (AvgIpc) is 2.49. The Labute approximate surface area is 151 Å². The van der Waals surface area contributed by atoms with Crippen LogP contribution in [-0.2, 0) is 12.8 Å². The maximum atomic E-state index is 9.81. The van der Waals surface area contributed by atoms with Gasteiger partial charge in [-0.1, -0.05) is 0 Å². The molecule has 3 N–H and O–H groups in total. The Kier molecular flexibility index (Phi) is 4.85. The third kappa shape index (κ3) is 3.34. The van der Waals surface area contributed by atoms with Gasteiger partial charge in [0, 0.05) is 6.04 Å². The van der Waals surface area contributed by atoms with Gasteiger partial charge in [-0.2, -0.15) is 0 Å². The molecule has 23 heavy (non-hydrogen) atoms. The minimum atomic E-state index is -0.0745. The van der Waals surface area contributed by atoms with Crippen LogP contribution in [0.3, 0.4) is 0 Å². The summed E-state index contributed by atoms with van der Waals surface area (Å²) in [5.41, 5.74) is 3.26. The molecule has 0 saturated heterocycles. The minimum Gasteiger partial charge on any atom is -0.504 e. The van der Waals surface area contributed by atoms with Gasteiger partial charge in [0.2, 0.25) is 0 Å². The van der Waals surface area contributed by atoms with Crippen molar-refractivity contribution in [2.24, 2.45) is 0 Å². The molecule has 1 aliphatic heterocycles. The molecule has 122 valence electrons. The SMILES string of the molecule is COc1c(Br)cc(CC2NCCc3cc(O)c(O)cc32)cc1Br. The number of aromatic hydroxyl groups is 2. The van der Waals surface area contributed by atoms with Gasteiger partial charge in [-0.05, 0) is 92.2 Å². The van der Waals surface area contributed by atoms with Crippen molar-refractivity contribution in [3.05, 3.63) is 49.9 Å². The van der Waals surface area contributed by atoms with Gasteiger partial charge < -0.3 is 20.3 Å². The number of methoxy groups -OCH3 is 1. The first-order valence-corrected chi connectivity index (χ1v) is 8.88. The van der Waals surface area contributed by atoms with Crippen molar-refractivity contribution in [2.75, 3.05) is 13.7 Å². The highest BCUT2D eigenvalue weighted by Crippen LogP contribution is 2.38. The van der Waals surface area contributed by atoms with Crippen molar-refractivity contribution in [3.63, 3.8) is 0 Å². The van der Waals surface area contributed by atoms with Crippen molar-refractivity contribution in [2.45, 2.75) is 18.9 Å². The van der Waals surface area contributed by atoms with Gasteiger partial charge in [0.05, 0.1) is 16.1 Å². The smallest absolute Gasteiger partial charge is 0.157 e. The number of nitrogens with one attached hydrogen (secondary N) is 1. The van der Waals surface area contributed by atoms with E-state index < -0.39 is 0 Å². The molecule has 3 rings (SSSR count). The second-order valence-electron chi connectivity index (χ2n) is 5.59. The standard InChI is InChI=1S/C17H17Br2NO3/c1-23-17-12(18)4-9(5-13(17)19)6-14-11-8-16(22)15(21)7-10(11)2-3-20-14/h4-5,7-8,14,20-22H,2-3,6H2,1H3. The summed E-state index contributed by atoms with van der Waals surface area (Å²) in [6.07, 6.45) is 1.62. The molecule has 0 aliphatic carbocycles. The summed E-state index contributed by atoms with van der Waals surface area (Å²) >= 11 is 7.05. The molecule has 0 aromatic heterocycles. The number of benzene rings is 2. The number of phenolic OH excluding ortho intramolecular Hbond substituents is 2. The highest BCUT2D eigenvalue weighted by molar-refractivity contribution is 9.11. The molecule has 2 aromatic carbocycles. The Morgan fingerprint density at radius 3 is 2.43 bits per heavy atom. The first-order valence-electron chi connectivity index (χ1n) is 7.29. The summed E-state index contributed by atoms with van der Waals surface area (Å²) in [4.78, 5) is 0. The van der Waals surface area contributed by atoms with Crippen LogP contribution in [0.25, 0.3) is 0 Å². The molecule has 1 atom stereocenters. The minimum absolute atomic E-state index is 0.0562. The zero-order valence-corrected chi connectivity index (χ0v) is 15.7. The van der Waals surface area contributed by atoms with Crippen LogP contribution in [0.2, 0.25) is 0 Å². The van der Waals surface area contributed by atoms with Crippen LogP contribution in [0, 0.1) is 0 Å². The van der Waals surface area contributed by atoms with Gasteiger partial charge in [0.1, 0.15) is 5.75 Å². The van der Waals surface area contributed by atoms with E-state index in [1.165, 1.54) is 0 Å². The van der Waals surface area contributed by atoms with Crippen molar-refractivity contribution in [1.82, 2.24) is 5.32 Å². The molecule has 2 aromatic rings. The molecule has 0 bridgehead atoms. The topological polar surface area (TPSA) is 61.7 Å². The largest absolute Gasteiger partial charge is 0.504 e. The van der Waals surface area contributed by atoms with Gasteiger partial charge in [-0.3, -0.25) is 0 Å². The molecule has 6 heteroatoms. The lowest BCUT2D eigenvalue weighted by Crippen LogP contribution is -2.31. The Hall–Kier alpha value is -1.24. The van der Waals surface area contributed by atoms with Crippen molar-refractivity contribution in [1.29, 1.82) is 0 Å². The lowest BCUT2D eigenvalue weighted by molar-refractivity contribution is 0.398. The van der Waals surface area contributed by atoms with Crippen LogP contribution in [0.5, 0.6) is 17.2 Å². The number of rotatable bonds is 3. The number of fused-ring (bicyclic) bond motifs is 1. The van der Waals surface area contributed by atoms with E-state index in [1.807, 2.05) is 12.1 Å². The van der Waals surface area contributed by atoms with Crippen molar-refractivity contribution in [3.8, 4) is 17.2 Å². The van der Waals surface area contributed by atoms with Gasteiger partial charge in [-0.15, -0.1) is 0 Å². The third-order valence-corrected chi connectivity index (χ3v) is 5.28. The molecule has 1 heterocycles. The Balaban J connectivity index is 1.92. The number of ether oxygens (including phenoxy) is 1. The van der Waals surface area contributed by atoms with Crippen LogP contribution in [0.4, 0.5) is 0 Å². The molecular formula is C17H17Br2NO3. The van der Waals surface area contributed by atoms with E-state index in [0.717, 1.165) is 50.8 Å². The normalized spacial score (nSPS) is 16.9. The summed E-state index contributed by atoms with van der Waals surface area (Å²) in [5, 5.41) is 23.0. The van der Waals surface area contributed by atoms with E-state index in [4.69, 9.17) is 4.74 Å². The van der Waals surface area contributed by atoms with E-state index in [2.05, 4.69) is 37.2 Å². The van der Waals surface area contributed by atoms with Crippen LogP contribution in [0.15, 0.2) is 33.2 Å². The molecule has 1 aliphatic rings. The molecule has 0 saturated carbocycles. The predicted molar refractivity (Wildman–Crippen MR) is 96.3 cm³/mol.